The predicted molar refractivity (Wildman–Crippen MR) is 199 cm³/mol. The molecule has 8 rings (SSSR count). The maximum atomic E-state index is 12.2. The van der Waals surface area contributed by atoms with Gasteiger partial charge in [-0.25, -0.2) is 0 Å². The summed E-state index contributed by atoms with van der Waals surface area (Å²) in [5, 5.41) is 66.4. The second kappa shape index (κ2) is 15.4. The first-order valence-corrected chi connectivity index (χ1v) is 21.0. The van der Waals surface area contributed by atoms with E-state index in [0.717, 1.165) is 45.1 Å². The predicted octanol–water partition coefficient (Wildman–Crippen LogP) is 1.00. The molecule has 0 aromatic rings. The Balaban J connectivity index is 1.05. The molecule has 0 unspecified atom stereocenters. The van der Waals surface area contributed by atoms with Crippen LogP contribution in [0.3, 0.4) is 0 Å². The SMILES string of the molecule is C=C1CO[C@@]2(O[C@H]3C[C@H]4[C@@H]5CC=C6C[C@H](O)C[C@H](O[C@H]7OC[C@H](O)[C@@H](O)[C@@H]7O[C@H]7O[C@@H](C)[C@H](O)[C@@H](OC(C)=O)[C@@H]7OC(C)=O)[C@@]6(C)[C@H]5CC[C@@]4(C)[C@H]3[C@@H]2C)[C@H](O)[C@@H]1O. The number of aliphatic hydroxyl groups is 6. The summed E-state index contributed by atoms with van der Waals surface area (Å²) < 4.78 is 49.0. The molecule has 0 aromatic carbocycles. The van der Waals surface area contributed by atoms with Gasteiger partial charge < -0.3 is 68.5 Å². The van der Waals surface area contributed by atoms with E-state index in [1.807, 2.05) is 0 Å². The Morgan fingerprint density at radius 1 is 0.897 bits per heavy atom. The van der Waals surface area contributed by atoms with Crippen molar-refractivity contribution in [2.75, 3.05) is 13.2 Å². The van der Waals surface area contributed by atoms with E-state index in [4.69, 9.17) is 37.9 Å². The zero-order valence-corrected chi connectivity index (χ0v) is 34.2. The Kier molecular flexibility index (Phi) is 11.3. The summed E-state index contributed by atoms with van der Waals surface area (Å²) in [6, 6.07) is 0. The first kappa shape index (κ1) is 42.6. The summed E-state index contributed by atoms with van der Waals surface area (Å²) in [5.74, 6) is -2.23. The molecule has 6 N–H and O–H groups in total. The molecule has 1 spiro atoms. The molecule has 0 radical (unpaired) electrons. The lowest BCUT2D eigenvalue weighted by atomic mass is 9.46. The summed E-state index contributed by atoms with van der Waals surface area (Å²) in [5.41, 5.74) is 0.836. The van der Waals surface area contributed by atoms with Gasteiger partial charge in [-0.1, -0.05) is 39.0 Å². The Bertz CT molecular complexity index is 1640. The third-order valence-corrected chi connectivity index (χ3v) is 15.7. The van der Waals surface area contributed by atoms with Gasteiger partial charge >= 0.3 is 11.9 Å². The minimum Gasteiger partial charge on any atom is -0.455 e. The van der Waals surface area contributed by atoms with E-state index in [1.165, 1.54) is 6.92 Å². The fourth-order valence-electron chi connectivity index (χ4n) is 12.9. The van der Waals surface area contributed by atoms with E-state index in [9.17, 15) is 40.2 Å². The number of carbonyl (C=O) groups excluding carboxylic acids is 2. The van der Waals surface area contributed by atoms with Gasteiger partial charge in [0.2, 0.25) is 5.79 Å². The number of aliphatic hydroxyl groups excluding tert-OH is 6. The number of rotatable bonds is 6. The van der Waals surface area contributed by atoms with Crippen LogP contribution in [0.1, 0.15) is 80.1 Å². The van der Waals surface area contributed by atoms with Gasteiger partial charge in [-0.15, -0.1) is 0 Å². The van der Waals surface area contributed by atoms with Crippen molar-refractivity contribution in [3.63, 3.8) is 0 Å². The fourth-order valence-corrected chi connectivity index (χ4v) is 12.9. The van der Waals surface area contributed by atoms with E-state index in [-0.39, 0.29) is 60.7 Å². The van der Waals surface area contributed by atoms with Crippen LogP contribution in [0.2, 0.25) is 0 Å². The number of allylic oxidation sites excluding steroid dienone is 1. The Hall–Kier alpha value is -2.06. The smallest absolute Gasteiger partial charge is 0.303 e. The van der Waals surface area contributed by atoms with Crippen molar-refractivity contribution in [3.05, 3.63) is 23.8 Å². The van der Waals surface area contributed by atoms with Gasteiger partial charge in [-0.2, -0.15) is 0 Å². The van der Waals surface area contributed by atoms with Crippen LogP contribution in [-0.2, 0) is 47.5 Å². The highest BCUT2D eigenvalue weighted by molar-refractivity contribution is 5.67. The maximum absolute atomic E-state index is 12.2. The summed E-state index contributed by atoms with van der Waals surface area (Å²) in [4.78, 5) is 24.3. The molecule has 0 aromatic heterocycles. The van der Waals surface area contributed by atoms with Crippen molar-refractivity contribution in [2.24, 2.45) is 40.4 Å². The number of hydrogen-bond acceptors (Lipinski definition) is 16. The third-order valence-electron chi connectivity index (χ3n) is 15.7. The monoisotopic (exact) mass is 822 g/mol. The Morgan fingerprint density at radius 2 is 1.60 bits per heavy atom. The van der Waals surface area contributed by atoms with Crippen molar-refractivity contribution in [1.29, 1.82) is 0 Å². The van der Waals surface area contributed by atoms with Crippen LogP contribution in [-0.4, -0.2) is 147 Å². The molecule has 4 aliphatic carbocycles. The van der Waals surface area contributed by atoms with E-state index in [1.54, 1.807) is 0 Å². The molecule has 4 heterocycles. The Labute approximate surface area is 338 Å². The van der Waals surface area contributed by atoms with Gasteiger partial charge in [0.1, 0.15) is 36.6 Å². The van der Waals surface area contributed by atoms with E-state index in [0.29, 0.717) is 12.0 Å². The standard InChI is InChI=1S/C42H62O16/c1-17-15-52-42(37(50)31(17)47)18(2)30-28(58-42)14-26-24-9-8-22-12-23(45)13-29(41(22,7)25(24)10-11-40(26,30)6)56-38-35(33(49)27(46)16-51-38)57-39-36(55-21(5)44)34(54-20(4)43)32(48)19(3)53-39/h8,18-19,23-39,45-50H,1,9-16H2,2-7H3/t18-,19-,23-,24+,25-,26-,27-,28-,29-,30-,31+,32-,33+,34+,35-,36-,37+,38+,39+,40+,41+,42-/m0/s1. The van der Waals surface area contributed by atoms with Gasteiger partial charge in [0.05, 0.1) is 37.6 Å². The van der Waals surface area contributed by atoms with Crippen LogP contribution in [0.4, 0.5) is 0 Å². The molecular formula is C42H62O16. The van der Waals surface area contributed by atoms with E-state index < -0.39 is 103 Å². The minimum atomic E-state index is -1.55. The van der Waals surface area contributed by atoms with Gasteiger partial charge in [-0.3, -0.25) is 9.59 Å². The van der Waals surface area contributed by atoms with Crippen LogP contribution in [0.15, 0.2) is 23.8 Å². The summed E-state index contributed by atoms with van der Waals surface area (Å²) in [6.07, 6.45) is -9.70. The summed E-state index contributed by atoms with van der Waals surface area (Å²) in [7, 11) is 0. The molecule has 0 bridgehead atoms. The van der Waals surface area contributed by atoms with Gasteiger partial charge in [-0.05, 0) is 73.7 Å². The first-order valence-electron chi connectivity index (χ1n) is 21.0. The number of hydrogen-bond donors (Lipinski definition) is 6. The molecule has 16 heteroatoms. The minimum absolute atomic E-state index is 0.0913. The number of esters is 2. The zero-order valence-electron chi connectivity index (χ0n) is 34.2. The lowest BCUT2D eigenvalue weighted by Gasteiger charge is -2.60. The number of carbonyl (C=O) groups is 2. The van der Waals surface area contributed by atoms with Crippen LogP contribution in [0.25, 0.3) is 0 Å². The van der Waals surface area contributed by atoms with Crippen molar-refractivity contribution >= 4 is 11.9 Å². The average molecular weight is 823 g/mol. The maximum Gasteiger partial charge on any atom is 0.303 e. The van der Waals surface area contributed by atoms with Gasteiger partial charge in [0, 0.05) is 31.6 Å². The molecule has 3 saturated carbocycles. The molecule has 4 saturated heterocycles. The quantitative estimate of drug-likeness (QED) is 0.162. The number of fused-ring (bicyclic) bond motifs is 7. The van der Waals surface area contributed by atoms with Crippen LogP contribution in [0, 0.1) is 40.4 Å². The van der Waals surface area contributed by atoms with E-state index >= 15 is 0 Å². The lowest BCUT2D eigenvalue weighted by molar-refractivity contribution is -0.363. The third kappa shape index (κ3) is 6.64. The first-order chi connectivity index (χ1) is 27.3. The molecule has 0 amide bonds. The second-order valence-electron chi connectivity index (χ2n) is 18.9. The highest BCUT2D eigenvalue weighted by atomic mass is 16.8. The summed E-state index contributed by atoms with van der Waals surface area (Å²) in [6.45, 7) is 14.1. The Morgan fingerprint density at radius 3 is 2.31 bits per heavy atom. The van der Waals surface area contributed by atoms with Crippen LogP contribution < -0.4 is 0 Å². The fraction of sp³-hybridized carbons (Fsp3) is 0.857. The van der Waals surface area contributed by atoms with Gasteiger partial charge in [0.15, 0.2) is 24.8 Å². The average Bonchev–Trinajstić information content (AvgIpc) is 3.62. The zero-order chi connectivity index (χ0) is 41.8. The molecule has 4 aliphatic heterocycles. The normalized spacial score (nSPS) is 53.8. The molecular weight excluding hydrogens is 760 g/mol. The molecule has 16 nitrogen and oxygen atoms in total. The highest BCUT2D eigenvalue weighted by Crippen LogP contribution is 2.71. The molecule has 7 fully saturated rings. The van der Waals surface area contributed by atoms with Crippen LogP contribution in [0.5, 0.6) is 0 Å². The largest absolute Gasteiger partial charge is 0.455 e. The molecule has 326 valence electrons. The molecule has 22 atom stereocenters. The van der Waals surface area contributed by atoms with Crippen molar-refractivity contribution in [3.8, 4) is 0 Å². The van der Waals surface area contributed by atoms with Crippen molar-refractivity contribution in [2.45, 2.75) is 172 Å². The van der Waals surface area contributed by atoms with Crippen LogP contribution >= 0.6 is 0 Å². The van der Waals surface area contributed by atoms with Gasteiger partial charge in [0.25, 0.3) is 0 Å². The van der Waals surface area contributed by atoms with Crippen molar-refractivity contribution < 1.29 is 78.1 Å². The summed E-state index contributed by atoms with van der Waals surface area (Å²) >= 11 is 0. The van der Waals surface area contributed by atoms with E-state index in [2.05, 4.69) is 33.4 Å². The topological polar surface area (TPSA) is 229 Å². The second-order valence-corrected chi connectivity index (χ2v) is 18.9. The van der Waals surface area contributed by atoms with Crippen molar-refractivity contribution in [1.82, 2.24) is 0 Å². The number of ether oxygens (including phenoxy) is 8. The molecule has 58 heavy (non-hydrogen) atoms. The lowest BCUT2D eigenvalue weighted by Crippen LogP contribution is -2.64. The highest BCUT2D eigenvalue weighted by Gasteiger charge is 2.71. The molecule has 8 aliphatic rings.